The normalized spacial score (nSPS) is 16.0. The van der Waals surface area contributed by atoms with Crippen molar-refractivity contribution in [2.45, 2.75) is 38.3 Å². The number of anilines is 1. The number of ether oxygens (including phenoxy) is 1. The number of nitrogens with one attached hydrogen (secondary N) is 1. The molecule has 1 aromatic carbocycles. The molecule has 0 bridgehead atoms. The Bertz CT molecular complexity index is 490. The Kier molecular flexibility index (Phi) is 3.57. The van der Waals surface area contributed by atoms with Crippen molar-refractivity contribution in [1.29, 1.82) is 0 Å². The highest BCUT2D eigenvalue weighted by Crippen LogP contribution is 2.33. The Morgan fingerprint density at radius 3 is 2.32 bits per heavy atom. The van der Waals surface area contributed by atoms with Crippen molar-refractivity contribution in [2.75, 3.05) is 5.32 Å². The molecule has 1 aliphatic carbocycles. The topological polar surface area (TPSA) is 81.4 Å². The van der Waals surface area contributed by atoms with Crippen molar-refractivity contribution in [2.24, 2.45) is 5.73 Å². The summed E-state index contributed by atoms with van der Waals surface area (Å²) in [4.78, 5) is 23.4. The van der Waals surface area contributed by atoms with Gasteiger partial charge in [-0.3, -0.25) is 4.79 Å². The van der Waals surface area contributed by atoms with Crippen molar-refractivity contribution in [3.63, 3.8) is 0 Å². The minimum atomic E-state index is -0.699. The van der Waals surface area contributed by atoms with Gasteiger partial charge in [-0.25, -0.2) is 4.79 Å². The van der Waals surface area contributed by atoms with E-state index < -0.39 is 5.54 Å². The molecule has 5 heteroatoms. The van der Waals surface area contributed by atoms with Gasteiger partial charge in [0.25, 0.3) is 0 Å². The first-order valence-corrected chi connectivity index (χ1v) is 6.32. The Balaban J connectivity index is 1.98. The molecule has 5 nitrogen and oxygen atoms in total. The molecule has 1 fully saturated rings. The van der Waals surface area contributed by atoms with Gasteiger partial charge in [0.1, 0.15) is 0 Å². The molecule has 2 rings (SSSR count). The van der Waals surface area contributed by atoms with E-state index in [-0.39, 0.29) is 18.0 Å². The summed E-state index contributed by atoms with van der Waals surface area (Å²) in [5, 5.41) is 2.74. The maximum absolute atomic E-state index is 11.7. The second kappa shape index (κ2) is 5.01. The fourth-order valence-corrected chi connectivity index (χ4v) is 1.59. The Hall–Kier alpha value is -1.88. The van der Waals surface area contributed by atoms with Crippen molar-refractivity contribution >= 4 is 17.6 Å². The lowest BCUT2D eigenvalue weighted by atomic mass is 10.2. The average Bonchev–Trinajstić information content (AvgIpc) is 3.09. The van der Waals surface area contributed by atoms with Crippen LogP contribution in [-0.2, 0) is 9.53 Å². The van der Waals surface area contributed by atoms with Gasteiger partial charge in [-0.1, -0.05) is 0 Å². The van der Waals surface area contributed by atoms with E-state index in [1.807, 2.05) is 0 Å². The van der Waals surface area contributed by atoms with Crippen LogP contribution in [0.5, 0.6) is 0 Å². The van der Waals surface area contributed by atoms with Gasteiger partial charge in [0.2, 0.25) is 5.91 Å². The quantitative estimate of drug-likeness (QED) is 0.809. The number of carbonyl (C=O) groups excluding carboxylic acids is 2. The highest BCUT2D eigenvalue weighted by Gasteiger charge is 2.45. The van der Waals surface area contributed by atoms with Crippen molar-refractivity contribution < 1.29 is 14.3 Å². The molecule has 1 aliphatic rings. The third-order valence-electron chi connectivity index (χ3n) is 2.96. The molecule has 0 atom stereocenters. The van der Waals surface area contributed by atoms with Gasteiger partial charge in [0.15, 0.2) is 0 Å². The lowest BCUT2D eigenvalue weighted by Gasteiger charge is -2.11. The van der Waals surface area contributed by atoms with Crippen LogP contribution in [0.15, 0.2) is 24.3 Å². The average molecular weight is 262 g/mol. The third kappa shape index (κ3) is 3.32. The van der Waals surface area contributed by atoms with Crippen LogP contribution < -0.4 is 11.1 Å². The monoisotopic (exact) mass is 262 g/mol. The van der Waals surface area contributed by atoms with Gasteiger partial charge in [-0.2, -0.15) is 0 Å². The van der Waals surface area contributed by atoms with E-state index in [4.69, 9.17) is 10.5 Å². The fourth-order valence-electron chi connectivity index (χ4n) is 1.59. The molecule has 0 radical (unpaired) electrons. The number of nitrogens with two attached hydrogens (primary N) is 1. The van der Waals surface area contributed by atoms with Crippen LogP contribution in [0.2, 0.25) is 0 Å². The lowest BCUT2D eigenvalue weighted by Crippen LogP contribution is -2.37. The van der Waals surface area contributed by atoms with Crippen LogP contribution in [0.4, 0.5) is 5.69 Å². The second-order valence-corrected chi connectivity index (χ2v) is 5.14. The van der Waals surface area contributed by atoms with Crippen molar-refractivity contribution in [3.8, 4) is 0 Å². The van der Waals surface area contributed by atoms with Crippen LogP contribution in [0.3, 0.4) is 0 Å². The minimum absolute atomic E-state index is 0.154. The van der Waals surface area contributed by atoms with Crippen LogP contribution in [-0.4, -0.2) is 23.5 Å². The predicted octanol–water partition coefficient (Wildman–Crippen LogP) is 1.68. The number of benzene rings is 1. The Morgan fingerprint density at radius 2 is 1.84 bits per heavy atom. The van der Waals surface area contributed by atoms with E-state index in [9.17, 15) is 9.59 Å². The van der Waals surface area contributed by atoms with Crippen LogP contribution >= 0.6 is 0 Å². The number of esters is 1. The first kappa shape index (κ1) is 13.5. The number of rotatable bonds is 4. The summed E-state index contributed by atoms with van der Waals surface area (Å²) in [6.07, 6.45) is 1.29. The second-order valence-electron chi connectivity index (χ2n) is 5.14. The third-order valence-corrected chi connectivity index (χ3v) is 2.96. The number of amides is 1. The summed E-state index contributed by atoms with van der Waals surface area (Å²) < 4.78 is 5.08. The Morgan fingerprint density at radius 1 is 1.26 bits per heavy atom. The van der Waals surface area contributed by atoms with Crippen molar-refractivity contribution in [1.82, 2.24) is 0 Å². The maximum Gasteiger partial charge on any atom is 0.338 e. The number of carbonyl (C=O) groups is 2. The van der Waals surface area contributed by atoms with Gasteiger partial charge in [-0.15, -0.1) is 0 Å². The molecule has 0 saturated heterocycles. The zero-order valence-electron chi connectivity index (χ0n) is 11.1. The molecule has 0 spiro atoms. The van der Waals surface area contributed by atoms with Gasteiger partial charge in [-0.05, 0) is 51.0 Å². The van der Waals surface area contributed by atoms with Crippen LogP contribution in [0.25, 0.3) is 0 Å². The van der Waals surface area contributed by atoms with E-state index in [0.717, 1.165) is 12.8 Å². The molecule has 102 valence electrons. The molecule has 1 amide bonds. The smallest absolute Gasteiger partial charge is 0.338 e. The molecule has 19 heavy (non-hydrogen) atoms. The predicted molar refractivity (Wildman–Crippen MR) is 71.8 cm³/mol. The van der Waals surface area contributed by atoms with E-state index in [2.05, 4.69) is 5.32 Å². The minimum Gasteiger partial charge on any atom is -0.459 e. The summed E-state index contributed by atoms with van der Waals surface area (Å²) in [5.74, 6) is -0.546. The summed E-state index contributed by atoms with van der Waals surface area (Å²) in [5.41, 5.74) is 6.17. The van der Waals surface area contributed by atoms with E-state index >= 15 is 0 Å². The van der Waals surface area contributed by atoms with E-state index in [1.54, 1.807) is 38.1 Å². The highest BCUT2D eigenvalue weighted by atomic mass is 16.5. The van der Waals surface area contributed by atoms with E-state index in [0.29, 0.717) is 11.3 Å². The van der Waals surface area contributed by atoms with Crippen LogP contribution in [0, 0.1) is 0 Å². The highest BCUT2D eigenvalue weighted by molar-refractivity contribution is 6.00. The molecule has 0 unspecified atom stereocenters. The van der Waals surface area contributed by atoms with Gasteiger partial charge < -0.3 is 15.8 Å². The molecular formula is C14H18N2O3. The SMILES string of the molecule is CC(C)OC(=O)c1ccc(NC(=O)C2(N)CC2)cc1. The van der Waals surface area contributed by atoms with E-state index in [1.165, 1.54) is 0 Å². The summed E-state index contributed by atoms with van der Waals surface area (Å²) in [6, 6.07) is 6.58. The molecular weight excluding hydrogens is 244 g/mol. The van der Waals surface area contributed by atoms with Crippen LogP contribution in [0.1, 0.15) is 37.0 Å². The molecule has 3 N–H and O–H groups in total. The van der Waals surface area contributed by atoms with Gasteiger partial charge >= 0.3 is 5.97 Å². The number of hydrogen-bond donors (Lipinski definition) is 2. The van der Waals surface area contributed by atoms with Crippen molar-refractivity contribution in [3.05, 3.63) is 29.8 Å². The maximum atomic E-state index is 11.7. The van der Waals surface area contributed by atoms with Gasteiger partial charge in [0, 0.05) is 5.69 Å². The molecule has 1 saturated carbocycles. The number of hydrogen-bond acceptors (Lipinski definition) is 4. The fraction of sp³-hybridized carbons (Fsp3) is 0.429. The van der Waals surface area contributed by atoms with Gasteiger partial charge in [0.05, 0.1) is 17.2 Å². The summed E-state index contributed by atoms with van der Waals surface area (Å²) >= 11 is 0. The first-order valence-electron chi connectivity index (χ1n) is 6.32. The molecule has 0 aliphatic heterocycles. The largest absolute Gasteiger partial charge is 0.459 e. The molecule has 0 heterocycles. The zero-order valence-corrected chi connectivity index (χ0v) is 11.1. The molecule has 1 aromatic rings. The molecule has 0 aromatic heterocycles. The zero-order chi connectivity index (χ0) is 14.0. The first-order chi connectivity index (χ1) is 8.90. The summed E-state index contributed by atoms with van der Waals surface area (Å²) in [7, 11) is 0. The lowest BCUT2D eigenvalue weighted by molar-refractivity contribution is -0.118. The standard InChI is InChI=1S/C14H18N2O3/c1-9(2)19-12(17)10-3-5-11(6-4-10)16-13(18)14(15)7-8-14/h3-6,9H,7-8,15H2,1-2H3,(H,16,18). The summed E-state index contributed by atoms with van der Waals surface area (Å²) in [6.45, 7) is 3.59. The Labute approximate surface area is 112 Å².